The van der Waals surface area contributed by atoms with Crippen LogP contribution in [0.25, 0.3) is 0 Å². The van der Waals surface area contributed by atoms with Crippen LogP contribution in [0, 0.1) is 23.0 Å². The van der Waals surface area contributed by atoms with E-state index in [0.717, 1.165) is 10.5 Å². The summed E-state index contributed by atoms with van der Waals surface area (Å²) in [5, 5.41) is 17.1. The molecule has 2 heterocycles. The van der Waals surface area contributed by atoms with Crippen molar-refractivity contribution in [3.63, 3.8) is 0 Å². The predicted octanol–water partition coefficient (Wildman–Crippen LogP) is 3.52. The van der Waals surface area contributed by atoms with Gasteiger partial charge in [0.25, 0.3) is 11.6 Å². The molecule has 0 aliphatic carbocycles. The van der Waals surface area contributed by atoms with Crippen LogP contribution in [0.5, 0.6) is 0 Å². The van der Waals surface area contributed by atoms with Crippen molar-refractivity contribution in [2.24, 2.45) is 11.0 Å². The molecule has 0 spiro atoms. The van der Waals surface area contributed by atoms with Crippen molar-refractivity contribution < 1.29 is 19.3 Å². The van der Waals surface area contributed by atoms with Crippen LogP contribution in [-0.4, -0.2) is 34.3 Å². The van der Waals surface area contributed by atoms with E-state index in [1.807, 2.05) is 6.92 Å². The minimum Gasteiger partial charge on any atom is -0.287 e. The van der Waals surface area contributed by atoms with Crippen molar-refractivity contribution in [3.05, 3.63) is 100 Å². The van der Waals surface area contributed by atoms with Crippen molar-refractivity contribution in [2.45, 2.75) is 13.0 Å². The Balaban J connectivity index is 1.60. The zero-order chi connectivity index (χ0) is 24.0. The summed E-state index contributed by atoms with van der Waals surface area (Å²) >= 11 is 0. The Hall–Kier alpha value is -4.66. The number of hydrogen-bond acceptors (Lipinski definition) is 7. The van der Waals surface area contributed by atoms with Crippen LogP contribution >= 0.6 is 0 Å². The van der Waals surface area contributed by atoms with Gasteiger partial charge in [0.05, 0.1) is 16.3 Å². The molecule has 2 atom stereocenters. The van der Waals surface area contributed by atoms with Gasteiger partial charge in [0.1, 0.15) is 17.7 Å². The molecule has 1 saturated heterocycles. The number of rotatable bonds is 5. The quantitative estimate of drug-likeness (QED) is 0.252. The number of carbonyl (C=O) groups is 3. The number of nitro benzene ring substituents is 1. The molecule has 2 aliphatic rings. The summed E-state index contributed by atoms with van der Waals surface area (Å²) in [5.41, 5.74) is 1.66. The number of nitro groups is 1. The van der Waals surface area contributed by atoms with Crippen LogP contribution in [-0.2, 0) is 9.59 Å². The highest BCUT2D eigenvalue weighted by molar-refractivity contribution is 6.53. The molecule has 5 rings (SSSR count). The largest absolute Gasteiger partial charge is 0.287 e. The van der Waals surface area contributed by atoms with E-state index >= 15 is 0 Å². The second kappa shape index (κ2) is 8.04. The fourth-order valence-electron chi connectivity index (χ4n) is 4.25. The molecule has 0 bridgehead atoms. The number of anilines is 2. The molecule has 2 aliphatic heterocycles. The maximum absolute atomic E-state index is 13.5. The number of imide groups is 1. The molecule has 0 radical (unpaired) electrons. The Labute approximate surface area is 194 Å². The highest BCUT2D eigenvalue weighted by Crippen LogP contribution is 2.39. The average molecular weight is 454 g/mol. The van der Waals surface area contributed by atoms with Gasteiger partial charge >= 0.3 is 0 Å². The SMILES string of the molecule is Cc1ccc(C(=O)C2=NN(c3ccccc3)C3C(=O)N(c4cccc([N+](=O)[O-])c4)C(=O)C23)cc1. The summed E-state index contributed by atoms with van der Waals surface area (Å²) in [6.45, 7) is 1.89. The third kappa shape index (κ3) is 3.34. The van der Waals surface area contributed by atoms with Gasteiger partial charge in [-0.2, -0.15) is 5.10 Å². The summed E-state index contributed by atoms with van der Waals surface area (Å²) < 4.78 is 0. The molecule has 2 unspecified atom stereocenters. The lowest BCUT2D eigenvalue weighted by Crippen LogP contribution is -2.39. The summed E-state index contributed by atoms with van der Waals surface area (Å²) in [7, 11) is 0. The molecule has 1 fully saturated rings. The van der Waals surface area contributed by atoms with Crippen LogP contribution in [0.2, 0.25) is 0 Å². The standard InChI is InChI=1S/C25H18N4O5/c1-15-10-12-16(13-11-15)23(30)21-20-22(28(26-21)17-6-3-2-4-7-17)25(32)27(24(20)31)18-8-5-9-19(14-18)29(33)34/h2-14,20,22H,1H3. The molecule has 0 saturated carbocycles. The molecule has 0 N–H and O–H groups in total. The number of non-ortho nitro benzene ring substituents is 1. The Morgan fingerprint density at radius 1 is 0.912 bits per heavy atom. The van der Waals surface area contributed by atoms with E-state index in [9.17, 15) is 24.5 Å². The third-order valence-electron chi connectivity index (χ3n) is 5.92. The molecule has 9 nitrogen and oxygen atoms in total. The van der Waals surface area contributed by atoms with Crippen LogP contribution in [0.1, 0.15) is 15.9 Å². The van der Waals surface area contributed by atoms with Crippen molar-refractivity contribution in [2.75, 3.05) is 9.91 Å². The van der Waals surface area contributed by atoms with Crippen LogP contribution < -0.4 is 9.91 Å². The van der Waals surface area contributed by atoms with Crippen molar-refractivity contribution >= 4 is 40.4 Å². The molecule has 0 aromatic heterocycles. The lowest BCUT2D eigenvalue weighted by molar-refractivity contribution is -0.384. The molecule has 3 aromatic carbocycles. The van der Waals surface area contributed by atoms with E-state index in [0.29, 0.717) is 11.3 Å². The van der Waals surface area contributed by atoms with Crippen molar-refractivity contribution in [1.29, 1.82) is 0 Å². The van der Waals surface area contributed by atoms with Gasteiger partial charge in [0.2, 0.25) is 11.7 Å². The van der Waals surface area contributed by atoms with Crippen molar-refractivity contribution in [3.8, 4) is 0 Å². The number of Topliss-reactive ketones (excluding diaryl/α,β-unsaturated/α-hetero) is 1. The number of para-hydroxylation sites is 1. The number of nitrogens with zero attached hydrogens (tertiary/aromatic N) is 4. The van der Waals surface area contributed by atoms with E-state index in [-0.39, 0.29) is 17.1 Å². The summed E-state index contributed by atoms with van der Waals surface area (Å²) in [4.78, 5) is 52.0. The first-order chi connectivity index (χ1) is 16.4. The van der Waals surface area contributed by atoms with Gasteiger partial charge < -0.3 is 0 Å². The zero-order valence-corrected chi connectivity index (χ0v) is 18.0. The fourth-order valence-corrected chi connectivity index (χ4v) is 4.25. The number of benzene rings is 3. The molecule has 2 amide bonds. The van der Waals surface area contributed by atoms with Crippen LogP contribution in [0.3, 0.4) is 0 Å². The lowest BCUT2D eigenvalue weighted by atomic mass is 9.92. The van der Waals surface area contributed by atoms with Gasteiger partial charge in [-0.1, -0.05) is 54.1 Å². The first-order valence-corrected chi connectivity index (χ1v) is 10.5. The van der Waals surface area contributed by atoms with Gasteiger partial charge in [-0.15, -0.1) is 0 Å². The first-order valence-electron chi connectivity index (χ1n) is 10.5. The highest BCUT2D eigenvalue weighted by Gasteiger charge is 2.58. The monoisotopic (exact) mass is 454 g/mol. The van der Waals surface area contributed by atoms with Gasteiger partial charge in [0.15, 0.2) is 0 Å². The number of hydrogen-bond donors (Lipinski definition) is 0. The minimum atomic E-state index is -1.14. The Kier molecular flexibility index (Phi) is 5.01. The third-order valence-corrected chi connectivity index (χ3v) is 5.92. The maximum Gasteiger partial charge on any atom is 0.271 e. The summed E-state index contributed by atoms with van der Waals surface area (Å²) in [6, 6.07) is 19.9. The Morgan fingerprint density at radius 3 is 2.26 bits per heavy atom. The number of hydrazone groups is 1. The van der Waals surface area contributed by atoms with Crippen LogP contribution in [0.4, 0.5) is 17.1 Å². The van der Waals surface area contributed by atoms with Crippen LogP contribution in [0.15, 0.2) is 84.0 Å². The Morgan fingerprint density at radius 2 is 1.59 bits per heavy atom. The number of amides is 2. The normalized spacial score (nSPS) is 19.3. The molecular formula is C25H18N4O5. The molecule has 3 aromatic rings. The molecular weight excluding hydrogens is 436 g/mol. The van der Waals surface area contributed by atoms with Gasteiger partial charge in [-0.3, -0.25) is 29.5 Å². The van der Waals surface area contributed by atoms with Gasteiger partial charge in [-0.25, -0.2) is 4.90 Å². The van der Waals surface area contributed by atoms with E-state index in [2.05, 4.69) is 5.10 Å². The minimum absolute atomic E-state index is 0.0380. The van der Waals surface area contributed by atoms with E-state index in [4.69, 9.17) is 0 Å². The van der Waals surface area contributed by atoms with Gasteiger partial charge in [-0.05, 0) is 25.1 Å². The maximum atomic E-state index is 13.5. The fraction of sp³-hybridized carbons (Fsp3) is 0.120. The average Bonchev–Trinajstić information content (AvgIpc) is 3.36. The van der Waals surface area contributed by atoms with Gasteiger partial charge in [0, 0.05) is 17.7 Å². The first kappa shape index (κ1) is 21.2. The molecule has 168 valence electrons. The number of aryl methyl sites for hydroxylation is 1. The Bertz CT molecular complexity index is 1370. The van der Waals surface area contributed by atoms with E-state index in [1.54, 1.807) is 54.6 Å². The van der Waals surface area contributed by atoms with E-state index in [1.165, 1.54) is 29.3 Å². The molecule has 34 heavy (non-hydrogen) atoms. The van der Waals surface area contributed by atoms with Crippen molar-refractivity contribution in [1.82, 2.24) is 0 Å². The number of carbonyl (C=O) groups excluding carboxylic acids is 3. The number of ketones is 1. The highest BCUT2D eigenvalue weighted by atomic mass is 16.6. The predicted molar refractivity (Wildman–Crippen MR) is 125 cm³/mol. The van der Waals surface area contributed by atoms with E-state index < -0.39 is 34.5 Å². The second-order valence-electron chi connectivity index (χ2n) is 8.07. The summed E-state index contributed by atoms with van der Waals surface area (Å²) in [5.74, 6) is -2.83. The second-order valence-corrected chi connectivity index (χ2v) is 8.07. The zero-order valence-electron chi connectivity index (χ0n) is 18.0. The molecule has 9 heteroatoms. The number of fused-ring (bicyclic) bond motifs is 1. The lowest BCUT2D eigenvalue weighted by Gasteiger charge is -2.22. The smallest absolute Gasteiger partial charge is 0.271 e. The summed E-state index contributed by atoms with van der Waals surface area (Å²) in [6.07, 6.45) is 0. The topological polar surface area (TPSA) is 113 Å².